The maximum atomic E-state index is 11.6. The molecule has 0 fully saturated rings. The van der Waals surface area contributed by atoms with Crippen LogP contribution in [0.15, 0.2) is 24.3 Å². The number of hydrogen-bond donors (Lipinski definition) is 4. The molecule has 0 aliphatic heterocycles. The number of rotatable bonds is 5. The first kappa shape index (κ1) is 15.4. The second-order valence-corrected chi connectivity index (χ2v) is 4.27. The van der Waals surface area contributed by atoms with Crippen molar-refractivity contribution < 1.29 is 19.8 Å². The van der Waals surface area contributed by atoms with E-state index in [-0.39, 0.29) is 12.2 Å². The van der Waals surface area contributed by atoms with Crippen LogP contribution < -0.4 is 10.6 Å². The average Bonchev–Trinajstić information content (AvgIpc) is 2.40. The van der Waals surface area contributed by atoms with Gasteiger partial charge in [0.15, 0.2) is 0 Å². The third-order valence-corrected chi connectivity index (χ3v) is 2.58. The van der Waals surface area contributed by atoms with Gasteiger partial charge in [0, 0.05) is 6.42 Å². The summed E-state index contributed by atoms with van der Waals surface area (Å²) < 4.78 is 0. The van der Waals surface area contributed by atoms with Crippen LogP contribution in [0.2, 0.25) is 0 Å². The van der Waals surface area contributed by atoms with E-state index in [9.17, 15) is 9.59 Å². The smallest absolute Gasteiger partial charge is 0.326 e. The molecule has 0 saturated heterocycles. The summed E-state index contributed by atoms with van der Waals surface area (Å²) >= 11 is 0. The Labute approximate surface area is 116 Å². The fourth-order valence-electron chi connectivity index (χ4n) is 1.51. The number of amides is 2. The Morgan fingerprint density at radius 2 is 1.90 bits per heavy atom. The molecule has 0 aliphatic rings. The van der Waals surface area contributed by atoms with Crippen LogP contribution in [0, 0.1) is 12.3 Å². The summed E-state index contributed by atoms with van der Waals surface area (Å²) in [6.45, 7) is 1.61. The van der Waals surface area contributed by atoms with Gasteiger partial charge in [0.05, 0.1) is 6.04 Å². The Kier molecular flexibility index (Phi) is 5.42. The van der Waals surface area contributed by atoms with E-state index in [1.807, 2.05) is 0 Å². The number of carbonyl (C=O) groups excluding carboxylic acids is 1. The monoisotopic (exact) mass is 276 g/mol. The van der Waals surface area contributed by atoms with E-state index in [2.05, 4.69) is 16.6 Å². The maximum absolute atomic E-state index is 11.6. The van der Waals surface area contributed by atoms with Gasteiger partial charge in [-0.1, -0.05) is 18.1 Å². The number of terminal acetylenes is 1. The van der Waals surface area contributed by atoms with Crippen molar-refractivity contribution in [3.05, 3.63) is 29.8 Å². The molecule has 0 radical (unpaired) electrons. The number of aliphatic carboxylic acids is 1. The summed E-state index contributed by atoms with van der Waals surface area (Å²) in [6.07, 6.45) is 5.22. The van der Waals surface area contributed by atoms with Gasteiger partial charge in [-0.25, -0.2) is 9.59 Å². The fourth-order valence-corrected chi connectivity index (χ4v) is 1.51. The van der Waals surface area contributed by atoms with Crippen molar-refractivity contribution in [1.82, 2.24) is 10.6 Å². The number of carboxylic acid groups (broad SMARTS) is 1. The molecule has 2 atom stereocenters. The molecule has 2 amide bonds. The normalized spacial score (nSPS) is 12.8. The van der Waals surface area contributed by atoms with E-state index in [1.165, 1.54) is 12.1 Å². The molecule has 4 N–H and O–H groups in total. The van der Waals surface area contributed by atoms with E-state index in [4.69, 9.17) is 16.6 Å². The zero-order chi connectivity index (χ0) is 15.1. The quantitative estimate of drug-likeness (QED) is 0.595. The van der Waals surface area contributed by atoms with Gasteiger partial charge in [-0.2, -0.15) is 0 Å². The lowest BCUT2D eigenvalue weighted by Crippen LogP contribution is -2.49. The fraction of sp³-hybridized carbons (Fsp3) is 0.286. The molecule has 1 aromatic carbocycles. The molecule has 0 aromatic heterocycles. The Morgan fingerprint density at radius 3 is 2.40 bits per heavy atom. The van der Waals surface area contributed by atoms with Gasteiger partial charge in [0.1, 0.15) is 11.8 Å². The van der Waals surface area contributed by atoms with E-state index >= 15 is 0 Å². The van der Waals surface area contributed by atoms with Crippen molar-refractivity contribution in [3.8, 4) is 18.1 Å². The molecule has 106 valence electrons. The lowest BCUT2D eigenvalue weighted by Gasteiger charge is -2.16. The van der Waals surface area contributed by atoms with Crippen molar-refractivity contribution in [2.24, 2.45) is 0 Å². The van der Waals surface area contributed by atoms with E-state index in [1.54, 1.807) is 19.1 Å². The predicted octanol–water partition coefficient (Wildman–Crippen LogP) is 0.709. The zero-order valence-corrected chi connectivity index (χ0v) is 11.0. The molecule has 2 unspecified atom stereocenters. The van der Waals surface area contributed by atoms with E-state index in [0.717, 1.165) is 0 Å². The molecule has 6 nitrogen and oxygen atoms in total. The standard InChI is InChI=1S/C14H16N2O4/c1-3-9(2)15-14(20)16-12(13(18)19)8-10-4-6-11(17)7-5-10/h1,4-7,9,12,17H,8H2,2H3,(H,18,19)(H2,15,16,20). The third-order valence-electron chi connectivity index (χ3n) is 2.58. The number of carboxylic acids is 1. The van der Waals surface area contributed by atoms with E-state index in [0.29, 0.717) is 5.56 Å². The van der Waals surface area contributed by atoms with Crippen molar-refractivity contribution >= 4 is 12.0 Å². The molecule has 0 bridgehead atoms. The second kappa shape index (κ2) is 7.04. The van der Waals surface area contributed by atoms with E-state index < -0.39 is 24.1 Å². The number of phenols is 1. The number of urea groups is 1. The Balaban J connectivity index is 2.66. The number of benzene rings is 1. The molecular formula is C14H16N2O4. The Hall–Kier alpha value is -2.68. The van der Waals surface area contributed by atoms with Crippen molar-refractivity contribution in [1.29, 1.82) is 0 Å². The molecule has 0 heterocycles. The molecule has 0 aliphatic carbocycles. The molecule has 1 rings (SSSR count). The number of phenolic OH excluding ortho intramolecular Hbond substituents is 1. The highest BCUT2D eigenvalue weighted by Crippen LogP contribution is 2.11. The van der Waals surface area contributed by atoms with Crippen LogP contribution >= 0.6 is 0 Å². The van der Waals surface area contributed by atoms with Gasteiger partial charge < -0.3 is 20.8 Å². The predicted molar refractivity (Wildman–Crippen MR) is 73.2 cm³/mol. The van der Waals surface area contributed by atoms with Crippen molar-refractivity contribution in [3.63, 3.8) is 0 Å². The first-order valence-electron chi connectivity index (χ1n) is 5.96. The van der Waals surface area contributed by atoms with Crippen LogP contribution in [0.25, 0.3) is 0 Å². The van der Waals surface area contributed by atoms with Gasteiger partial charge in [-0.3, -0.25) is 0 Å². The molecule has 1 aromatic rings. The molecule has 0 saturated carbocycles. The third kappa shape index (κ3) is 4.90. The summed E-state index contributed by atoms with van der Waals surface area (Å²) in [7, 11) is 0. The first-order chi connectivity index (χ1) is 9.42. The van der Waals surface area contributed by atoms with Crippen LogP contribution in [0.3, 0.4) is 0 Å². The van der Waals surface area contributed by atoms with Gasteiger partial charge in [0.2, 0.25) is 0 Å². The SMILES string of the molecule is C#CC(C)NC(=O)NC(Cc1ccc(O)cc1)C(=O)O. The minimum Gasteiger partial charge on any atom is -0.508 e. The number of carbonyl (C=O) groups is 2. The highest BCUT2D eigenvalue weighted by atomic mass is 16.4. The molecule has 6 heteroatoms. The largest absolute Gasteiger partial charge is 0.508 e. The average molecular weight is 276 g/mol. The summed E-state index contributed by atoms with van der Waals surface area (Å²) in [4.78, 5) is 22.7. The van der Waals surface area contributed by atoms with Crippen LogP contribution in [-0.4, -0.2) is 34.3 Å². The maximum Gasteiger partial charge on any atom is 0.326 e. The van der Waals surface area contributed by atoms with Crippen LogP contribution in [-0.2, 0) is 11.2 Å². The molecule has 0 spiro atoms. The molecular weight excluding hydrogens is 260 g/mol. The first-order valence-corrected chi connectivity index (χ1v) is 5.96. The summed E-state index contributed by atoms with van der Waals surface area (Å²) in [6, 6.07) is 3.89. The number of aromatic hydroxyl groups is 1. The zero-order valence-electron chi connectivity index (χ0n) is 11.0. The second-order valence-electron chi connectivity index (χ2n) is 4.27. The lowest BCUT2D eigenvalue weighted by atomic mass is 10.1. The summed E-state index contributed by atoms with van der Waals surface area (Å²) in [5, 5.41) is 23.0. The number of nitrogens with one attached hydrogen (secondary N) is 2. The topological polar surface area (TPSA) is 98.7 Å². The molecule has 20 heavy (non-hydrogen) atoms. The summed E-state index contributed by atoms with van der Waals surface area (Å²) in [5.41, 5.74) is 0.681. The van der Waals surface area contributed by atoms with Crippen molar-refractivity contribution in [2.45, 2.75) is 25.4 Å². The lowest BCUT2D eigenvalue weighted by molar-refractivity contribution is -0.139. The Bertz CT molecular complexity index is 519. The van der Waals surface area contributed by atoms with Gasteiger partial charge in [0.25, 0.3) is 0 Å². The van der Waals surface area contributed by atoms with Crippen LogP contribution in [0.4, 0.5) is 4.79 Å². The van der Waals surface area contributed by atoms with Crippen LogP contribution in [0.1, 0.15) is 12.5 Å². The van der Waals surface area contributed by atoms with Gasteiger partial charge >= 0.3 is 12.0 Å². The van der Waals surface area contributed by atoms with Crippen molar-refractivity contribution in [2.75, 3.05) is 0 Å². The van der Waals surface area contributed by atoms with Gasteiger partial charge in [-0.05, 0) is 24.6 Å². The number of hydrogen-bond acceptors (Lipinski definition) is 3. The highest BCUT2D eigenvalue weighted by Gasteiger charge is 2.20. The highest BCUT2D eigenvalue weighted by molar-refractivity contribution is 5.83. The van der Waals surface area contributed by atoms with Gasteiger partial charge in [-0.15, -0.1) is 6.42 Å². The summed E-state index contributed by atoms with van der Waals surface area (Å²) in [5.74, 6) is 1.25. The minimum absolute atomic E-state index is 0.0918. The van der Waals surface area contributed by atoms with Crippen LogP contribution in [0.5, 0.6) is 5.75 Å². The Morgan fingerprint density at radius 1 is 1.30 bits per heavy atom. The minimum atomic E-state index is -1.15.